The first-order valence-corrected chi connectivity index (χ1v) is 10.7. The van der Waals surface area contributed by atoms with Crippen molar-refractivity contribution in [3.05, 3.63) is 53.6 Å². The van der Waals surface area contributed by atoms with E-state index in [1.165, 1.54) is 23.9 Å². The Morgan fingerprint density at radius 2 is 1.81 bits per heavy atom. The van der Waals surface area contributed by atoms with E-state index in [2.05, 4.69) is 15.4 Å². The van der Waals surface area contributed by atoms with Gasteiger partial charge in [0.25, 0.3) is 0 Å². The van der Waals surface area contributed by atoms with Crippen molar-refractivity contribution in [2.45, 2.75) is 55.2 Å². The van der Waals surface area contributed by atoms with Crippen molar-refractivity contribution in [2.24, 2.45) is 0 Å². The van der Waals surface area contributed by atoms with Crippen LogP contribution in [0.2, 0.25) is 0 Å². The molecule has 3 rings (SSSR count). The zero-order chi connectivity index (χ0) is 23.5. The van der Waals surface area contributed by atoms with Crippen molar-refractivity contribution in [1.82, 2.24) is 5.32 Å². The van der Waals surface area contributed by atoms with Gasteiger partial charge in [-0.2, -0.15) is 0 Å². The third-order valence-electron chi connectivity index (χ3n) is 5.00. The van der Waals surface area contributed by atoms with E-state index in [1.807, 2.05) is 18.2 Å². The van der Waals surface area contributed by atoms with E-state index in [0.717, 1.165) is 28.2 Å². The number of carbonyl (C=O) groups is 2. The van der Waals surface area contributed by atoms with Crippen molar-refractivity contribution >= 4 is 29.4 Å². The van der Waals surface area contributed by atoms with Gasteiger partial charge in [0.15, 0.2) is 0 Å². The zero-order valence-electron chi connectivity index (χ0n) is 17.5. The van der Waals surface area contributed by atoms with E-state index < -0.39 is 23.1 Å². The molecule has 1 unspecified atom stereocenters. The summed E-state index contributed by atoms with van der Waals surface area (Å²) in [5.74, 6) is -1.25. The minimum absolute atomic E-state index is 0.122. The molecule has 2 aromatic rings. The van der Waals surface area contributed by atoms with Gasteiger partial charge in [0, 0.05) is 16.6 Å². The number of urea groups is 1. The Morgan fingerprint density at radius 3 is 2.44 bits per heavy atom. The van der Waals surface area contributed by atoms with E-state index in [0.29, 0.717) is 24.9 Å². The second-order valence-electron chi connectivity index (χ2n) is 7.92. The molecule has 1 atom stereocenters. The number of aliphatic carboxylic acids is 1. The van der Waals surface area contributed by atoms with Crippen LogP contribution in [0.3, 0.4) is 0 Å². The molecule has 32 heavy (non-hydrogen) atoms. The molecule has 172 valence electrons. The number of ether oxygens (including phenoxy) is 1. The third kappa shape index (κ3) is 6.32. The Morgan fingerprint density at radius 1 is 1.12 bits per heavy atom. The van der Waals surface area contributed by atoms with Crippen molar-refractivity contribution in [1.29, 1.82) is 0 Å². The molecular formula is C22H23F3N2O4S. The summed E-state index contributed by atoms with van der Waals surface area (Å²) < 4.78 is 39.5. The second-order valence-corrected chi connectivity index (χ2v) is 9.59. The number of carboxylic acid groups (broad SMARTS) is 1. The Balaban J connectivity index is 1.59. The molecule has 3 N–H and O–H groups in total. The average Bonchev–Trinajstić information content (AvgIpc) is 2.68. The summed E-state index contributed by atoms with van der Waals surface area (Å²) in [6.45, 7) is 3.33. The maximum Gasteiger partial charge on any atom is 0.573 e. The standard InChI is InChI=1S/C22H23F3N2O4S/c1-21(2,19(28)29)32-18-5-3-4-13-12-15(8-11-17(13)18)27-20(30)26-14-6-9-16(10-7-14)31-22(23,24)25/h3-7,9-10,15H,8,11-12H2,1-2H3,(H,28,29)(H2,26,27,30). The fraction of sp³-hybridized carbons (Fsp3) is 0.364. The average molecular weight is 468 g/mol. The molecule has 0 aliphatic heterocycles. The number of hydrogen-bond acceptors (Lipinski definition) is 4. The Kier molecular flexibility index (Phi) is 6.92. The van der Waals surface area contributed by atoms with E-state index in [4.69, 9.17) is 0 Å². The predicted octanol–water partition coefficient (Wildman–Crippen LogP) is 5.22. The van der Waals surface area contributed by atoms with Crippen LogP contribution in [0.25, 0.3) is 0 Å². The highest BCUT2D eigenvalue weighted by Crippen LogP contribution is 2.38. The van der Waals surface area contributed by atoms with Gasteiger partial charge in [-0.15, -0.1) is 24.9 Å². The Bertz CT molecular complexity index is 994. The van der Waals surface area contributed by atoms with E-state index in [1.54, 1.807) is 13.8 Å². The lowest BCUT2D eigenvalue weighted by Gasteiger charge is -2.28. The fourth-order valence-corrected chi connectivity index (χ4v) is 4.54. The number of alkyl halides is 3. The summed E-state index contributed by atoms with van der Waals surface area (Å²) in [6.07, 6.45) is -2.79. The summed E-state index contributed by atoms with van der Waals surface area (Å²) in [5.41, 5.74) is 2.50. The van der Waals surface area contributed by atoms with Crippen LogP contribution in [0.4, 0.5) is 23.7 Å². The van der Waals surface area contributed by atoms with Crippen molar-refractivity contribution < 1.29 is 32.6 Å². The largest absolute Gasteiger partial charge is 0.573 e. The lowest BCUT2D eigenvalue weighted by atomic mass is 9.88. The molecule has 0 radical (unpaired) electrons. The van der Waals surface area contributed by atoms with Crippen LogP contribution in [0.5, 0.6) is 5.75 Å². The smallest absolute Gasteiger partial charge is 0.480 e. The summed E-state index contributed by atoms with van der Waals surface area (Å²) in [4.78, 5) is 24.7. The molecule has 10 heteroatoms. The quantitative estimate of drug-likeness (QED) is 0.506. The Labute approximate surface area is 187 Å². The predicted molar refractivity (Wildman–Crippen MR) is 115 cm³/mol. The van der Waals surface area contributed by atoms with Gasteiger partial charge in [-0.3, -0.25) is 4.79 Å². The highest BCUT2D eigenvalue weighted by atomic mass is 32.2. The molecular weight excluding hydrogens is 445 g/mol. The van der Waals surface area contributed by atoms with E-state index in [-0.39, 0.29) is 11.8 Å². The summed E-state index contributed by atoms with van der Waals surface area (Å²) in [5, 5.41) is 14.9. The number of thioether (sulfide) groups is 1. The van der Waals surface area contributed by atoms with E-state index >= 15 is 0 Å². The SMILES string of the molecule is CC(C)(Sc1cccc2c1CCC(NC(=O)Nc1ccc(OC(F)(F)F)cc1)C2)C(=O)O. The molecule has 1 aliphatic carbocycles. The monoisotopic (exact) mass is 468 g/mol. The number of fused-ring (bicyclic) bond motifs is 1. The first-order chi connectivity index (χ1) is 14.9. The number of hydrogen-bond donors (Lipinski definition) is 3. The second kappa shape index (κ2) is 9.32. The number of benzene rings is 2. The minimum Gasteiger partial charge on any atom is -0.480 e. The lowest BCUT2D eigenvalue weighted by Crippen LogP contribution is -2.41. The number of carboxylic acids is 1. The van der Waals surface area contributed by atoms with Gasteiger partial charge in [-0.1, -0.05) is 12.1 Å². The number of amides is 2. The number of anilines is 1. The fourth-order valence-electron chi connectivity index (χ4n) is 3.40. The molecule has 1 aliphatic rings. The van der Waals surface area contributed by atoms with E-state index in [9.17, 15) is 27.9 Å². The summed E-state index contributed by atoms with van der Waals surface area (Å²) >= 11 is 1.31. The van der Waals surface area contributed by atoms with Gasteiger partial charge in [0.05, 0.1) is 0 Å². The minimum atomic E-state index is -4.77. The number of rotatable bonds is 6. The van der Waals surface area contributed by atoms with Crippen LogP contribution in [0.15, 0.2) is 47.4 Å². The van der Waals surface area contributed by atoms with Crippen LogP contribution in [-0.2, 0) is 17.6 Å². The van der Waals surface area contributed by atoms with Gasteiger partial charge < -0.3 is 20.5 Å². The van der Waals surface area contributed by atoms with Crippen LogP contribution in [0.1, 0.15) is 31.4 Å². The topological polar surface area (TPSA) is 87.7 Å². The molecule has 6 nitrogen and oxygen atoms in total. The third-order valence-corrected chi connectivity index (χ3v) is 6.29. The van der Waals surface area contributed by atoms with Crippen LogP contribution in [-0.4, -0.2) is 34.3 Å². The van der Waals surface area contributed by atoms with Crippen molar-refractivity contribution in [2.75, 3.05) is 5.32 Å². The Hall–Kier alpha value is -2.88. The highest BCUT2D eigenvalue weighted by molar-refractivity contribution is 8.01. The maximum atomic E-state index is 12.3. The molecule has 0 saturated heterocycles. The number of halogens is 3. The highest BCUT2D eigenvalue weighted by Gasteiger charge is 2.32. The molecule has 2 amide bonds. The first kappa shape index (κ1) is 23.8. The number of carbonyl (C=O) groups excluding carboxylic acids is 1. The van der Waals surface area contributed by atoms with Crippen LogP contribution < -0.4 is 15.4 Å². The molecule has 0 spiro atoms. The summed E-state index contributed by atoms with van der Waals surface area (Å²) in [7, 11) is 0. The molecule has 0 fully saturated rings. The number of nitrogens with one attached hydrogen (secondary N) is 2. The molecule has 2 aromatic carbocycles. The van der Waals surface area contributed by atoms with Crippen molar-refractivity contribution in [3.8, 4) is 5.75 Å². The van der Waals surface area contributed by atoms with Gasteiger partial charge in [-0.25, -0.2) is 4.79 Å². The molecule has 0 aromatic heterocycles. The van der Waals surface area contributed by atoms with Crippen molar-refractivity contribution in [3.63, 3.8) is 0 Å². The molecule has 0 bridgehead atoms. The van der Waals surface area contributed by atoms with Crippen LogP contribution in [0, 0.1) is 0 Å². The zero-order valence-corrected chi connectivity index (χ0v) is 18.3. The van der Waals surface area contributed by atoms with Gasteiger partial charge in [0.1, 0.15) is 10.5 Å². The lowest BCUT2D eigenvalue weighted by molar-refractivity contribution is -0.274. The molecule has 0 heterocycles. The normalized spacial score (nSPS) is 16.1. The first-order valence-electron chi connectivity index (χ1n) is 9.89. The van der Waals surface area contributed by atoms with Gasteiger partial charge in [0.2, 0.25) is 0 Å². The van der Waals surface area contributed by atoms with Crippen LogP contribution >= 0.6 is 11.8 Å². The van der Waals surface area contributed by atoms with Gasteiger partial charge in [-0.05, 0) is 74.6 Å². The summed E-state index contributed by atoms with van der Waals surface area (Å²) in [6, 6.07) is 10.1. The molecule has 0 saturated carbocycles. The van der Waals surface area contributed by atoms with Gasteiger partial charge >= 0.3 is 18.4 Å². The maximum absolute atomic E-state index is 12.3.